The van der Waals surface area contributed by atoms with Gasteiger partial charge in [-0.15, -0.1) is 0 Å². The van der Waals surface area contributed by atoms with Gasteiger partial charge in [0.25, 0.3) is 0 Å². The number of rotatable bonds is 2. The summed E-state index contributed by atoms with van der Waals surface area (Å²) in [4.78, 5) is 15.7. The van der Waals surface area contributed by atoms with E-state index in [2.05, 4.69) is 4.98 Å². The van der Waals surface area contributed by atoms with E-state index in [4.69, 9.17) is 0 Å². The van der Waals surface area contributed by atoms with Gasteiger partial charge in [0.05, 0.1) is 11.1 Å². The molecule has 1 N–H and O–H groups in total. The van der Waals surface area contributed by atoms with Crippen LogP contribution in [0.1, 0.15) is 41.4 Å². The molecule has 0 amide bonds. The minimum atomic E-state index is -1.06. The van der Waals surface area contributed by atoms with Crippen LogP contribution in [-0.2, 0) is 0 Å². The molecule has 94 valence electrons. The number of aryl methyl sites for hydroxylation is 1. The number of fused-ring (bicyclic) bond motifs is 1. The fourth-order valence-corrected chi connectivity index (χ4v) is 1.95. The smallest absolute Gasteiger partial charge is 0.336 e. The van der Waals surface area contributed by atoms with E-state index >= 15 is 0 Å². The van der Waals surface area contributed by atoms with Gasteiger partial charge in [-0.1, -0.05) is 13.8 Å². The summed E-state index contributed by atoms with van der Waals surface area (Å²) in [6, 6.07) is 4.11. The molecule has 1 aromatic carbocycles. The highest BCUT2D eigenvalue weighted by molar-refractivity contribution is 6.03. The minimum Gasteiger partial charge on any atom is -0.478 e. The van der Waals surface area contributed by atoms with E-state index in [-0.39, 0.29) is 11.5 Å². The second kappa shape index (κ2) is 4.37. The van der Waals surface area contributed by atoms with Gasteiger partial charge in [0, 0.05) is 11.1 Å². The van der Waals surface area contributed by atoms with Gasteiger partial charge in [0.2, 0.25) is 0 Å². The number of aromatic nitrogens is 1. The molecule has 0 fully saturated rings. The summed E-state index contributed by atoms with van der Waals surface area (Å²) in [6.07, 6.45) is 0. The zero-order chi connectivity index (χ0) is 13.4. The Hall–Kier alpha value is -1.97. The van der Waals surface area contributed by atoms with Crippen LogP contribution in [0, 0.1) is 12.7 Å². The second-order valence-electron chi connectivity index (χ2n) is 4.67. The molecule has 0 saturated heterocycles. The summed E-state index contributed by atoms with van der Waals surface area (Å²) in [7, 11) is 0. The second-order valence-corrected chi connectivity index (χ2v) is 4.67. The number of carboxylic acids is 1. The summed E-state index contributed by atoms with van der Waals surface area (Å²) in [5.41, 5.74) is 2.01. The number of pyridine rings is 1. The van der Waals surface area contributed by atoms with E-state index < -0.39 is 11.8 Å². The third kappa shape index (κ3) is 2.06. The van der Waals surface area contributed by atoms with Crippen LogP contribution in [0.3, 0.4) is 0 Å². The monoisotopic (exact) mass is 247 g/mol. The molecule has 0 bridgehead atoms. The Bertz CT molecular complexity index is 635. The molecular weight excluding hydrogens is 233 g/mol. The number of nitrogens with zero attached hydrogens (tertiary/aromatic N) is 1. The number of carboxylic acid groups (broad SMARTS) is 1. The first-order chi connectivity index (χ1) is 8.40. The van der Waals surface area contributed by atoms with E-state index in [1.165, 1.54) is 18.2 Å². The Labute approximate surface area is 104 Å². The molecule has 4 heteroatoms. The normalized spacial score (nSPS) is 11.2. The maximum absolute atomic E-state index is 13.4. The van der Waals surface area contributed by atoms with Crippen LogP contribution in [0.4, 0.5) is 4.39 Å². The predicted octanol–water partition coefficient (Wildman–Crippen LogP) is 3.50. The summed E-state index contributed by atoms with van der Waals surface area (Å²) in [5, 5.41) is 9.57. The van der Waals surface area contributed by atoms with Crippen molar-refractivity contribution in [3.05, 3.63) is 40.8 Å². The zero-order valence-electron chi connectivity index (χ0n) is 10.5. The lowest BCUT2D eigenvalue weighted by Crippen LogP contribution is -2.04. The Morgan fingerprint density at radius 1 is 1.33 bits per heavy atom. The molecule has 0 spiro atoms. The number of benzene rings is 1. The number of hydrogen-bond acceptors (Lipinski definition) is 2. The van der Waals surface area contributed by atoms with Crippen LogP contribution >= 0.6 is 0 Å². The van der Waals surface area contributed by atoms with Crippen LogP contribution in [0.15, 0.2) is 18.2 Å². The van der Waals surface area contributed by atoms with Crippen LogP contribution in [-0.4, -0.2) is 16.1 Å². The van der Waals surface area contributed by atoms with Gasteiger partial charge in [-0.25, -0.2) is 9.18 Å². The van der Waals surface area contributed by atoms with Crippen LogP contribution in [0.2, 0.25) is 0 Å². The summed E-state index contributed by atoms with van der Waals surface area (Å²) in [5.74, 6) is -1.38. The van der Waals surface area contributed by atoms with E-state index in [1.54, 1.807) is 6.92 Å². The van der Waals surface area contributed by atoms with Crippen molar-refractivity contribution in [2.24, 2.45) is 0 Å². The average molecular weight is 247 g/mol. The number of aromatic carboxylic acids is 1. The van der Waals surface area contributed by atoms with Crippen LogP contribution in [0.5, 0.6) is 0 Å². The van der Waals surface area contributed by atoms with Crippen LogP contribution in [0.25, 0.3) is 10.9 Å². The van der Waals surface area contributed by atoms with Gasteiger partial charge < -0.3 is 5.11 Å². The van der Waals surface area contributed by atoms with Crippen molar-refractivity contribution in [3.8, 4) is 0 Å². The van der Waals surface area contributed by atoms with E-state index in [0.717, 1.165) is 0 Å². The summed E-state index contributed by atoms with van der Waals surface area (Å²) in [6.45, 7) is 5.62. The quantitative estimate of drug-likeness (QED) is 0.883. The van der Waals surface area contributed by atoms with Crippen molar-refractivity contribution in [2.75, 3.05) is 0 Å². The molecule has 1 heterocycles. The van der Waals surface area contributed by atoms with E-state index in [1.807, 2.05) is 13.8 Å². The first kappa shape index (κ1) is 12.5. The molecule has 0 aliphatic rings. The Balaban J connectivity index is 2.90. The fraction of sp³-hybridized carbons (Fsp3) is 0.286. The van der Waals surface area contributed by atoms with E-state index in [0.29, 0.717) is 22.2 Å². The van der Waals surface area contributed by atoms with Crippen molar-refractivity contribution >= 4 is 16.9 Å². The molecule has 0 atom stereocenters. The zero-order valence-corrected chi connectivity index (χ0v) is 10.5. The molecule has 3 nitrogen and oxygen atoms in total. The molecule has 0 aliphatic carbocycles. The van der Waals surface area contributed by atoms with Gasteiger partial charge in [-0.2, -0.15) is 0 Å². The largest absolute Gasteiger partial charge is 0.478 e. The predicted molar refractivity (Wildman–Crippen MR) is 67.5 cm³/mol. The van der Waals surface area contributed by atoms with Crippen molar-refractivity contribution in [1.82, 2.24) is 4.98 Å². The van der Waals surface area contributed by atoms with Crippen molar-refractivity contribution in [3.63, 3.8) is 0 Å². The van der Waals surface area contributed by atoms with Crippen molar-refractivity contribution in [2.45, 2.75) is 26.7 Å². The molecule has 0 saturated carbocycles. The molecule has 1 aromatic heterocycles. The highest BCUT2D eigenvalue weighted by atomic mass is 19.1. The van der Waals surface area contributed by atoms with Gasteiger partial charge >= 0.3 is 5.97 Å². The maximum atomic E-state index is 13.4. The SMILES string of the molecule is Cc1cc(F)cc2c(C(=O)O)cc(C(C)C)nc12. The van der Waals surface area contributed by atoms with Crippen molar-refractivity contribution < 1.29 is 14.3 Å². The minimum absolute atomic E-state index is 0.103. The molecule has 2 aromatic rings. The number of carbonyl (C=O) groups is 1. The Morgan fingerprint density at radius 3 is 2.56 bits per heavy atom. The molecular formula is C14H14FNO2. The average Bonchev–Trinajstić information content (AvgIpc) is 2.27. The van der Waals surface area contributed by atoms with Crippen molar-refractivity contribution in [1.29, 1.82) is 0 Å². The van der Waals surface area contributed by atoms with Crippen LogP contribution < -0.4 is 0 Å². The lowest BCUT2D eigenvalue weighted by atomic mass is 10.0. The van der Waals surface area contributed by atoms with Gasteiger partial charge in [-0.05, 0) is 36.6 Å². The maximum Gasteiger partial charge on any atom is 0.336 e. The first-order valence-electron chi connectivity index (χ1n) is 5.74. The lowest BCUT2D eigenvalue weighted by molar-refractivity contribution is 0.0699. The summed E-state index contributed by atoms with van der Waals surface area (Å²) >= 11 is 0. The van der Waals surface area contributed by atoms with Gasteiger partial charge in [0.15, 0.2) is 0 Å². The molecule has 18 heavy (non-hydrogen) atoms. The first-order valence-corrected chi connectivity index (χ1v) is 5.74. The van der Waals surface area contributed by atoms with Gasteiger partial charge in [0.1, 0.15) is 5.82 Å². The highest BCUT2D eigenvalue weighted by Crippen LogP contribution is 2.25. The Morgan fingerprint density at radius 2 is 2.00 bits per heavy atom. The molecule has 0 unspecified atom stereocenters. The third-order valence-corrected chi connectivity index (χ3v) is 2.91. The standard InChI is InChI=1S/C14H14FNO2/c1-7(2)12-6-11(14(17)18)10-5-9(15)4-8(3)13(10)16-12/h4-7H,1-3H3,(H,17,18). The Kier molecular flexibility index (Phi) is 3.03. The third-order valence-electron chi connectivity index (χ3n) is 2.91. The highest BCUT2D eigenvalue weighted by Gasteiger charge is 2.15. The molecule has 0 aliphatic heterocycles. The molecule has 0 radical (unpaired) electrons. The fourth-order valence-electron chi connectivity index (χ4n) is 1.95. The van der Waals surface area contributed by atoms with Gasteiger partial charge in [-0.3, -0.25) is 4.98 Å². The van der Waals surface area contributed by atoms with E-state index in [9.17, 15) is 14.3 Å². The molecule has 2 rings (SSSR count). The summed E-state index contributed by atoms with van der Waals surface area (Å²) < 4.78 is 13.4. The lowest BCUT2D eigenvalue weighted by Gasteiger charge is -2.11. The topological polar surface area (TPSA) is 50.2 Å². The number of hydrogen-bond donors (Lipinski definition) is 1. The number of halogens is 1.